The van der Waals surface area contributed by atoms with Crippen molar-refractivity contribution in [3.63, 3.8) is 0 Å². The van der Waals surface area contributed by atoms with Crippen LogP contribution in [-0.4, -0.2) is 48.6 Å². The fourth-order valence-corrected chi connectivity index (χ4v) is 3.04. The van der Waals surface area contributed by atoms with Crippen molar-refractivity contribution < 1.29 is 14.3 Å². The average Bonchev–Trinajstić information content (AvgIpc) is 2.42. The van der Waals surface area contributed by atoms with Crippen molar-refractivity contribution in [1.82, 2.24) is 10.2 Å². The minimum Gasteiger partial charge on any atom is -0.376 e. The lowest BCUT2D eigenvalue weighted by Crippen LogP contribution is -2.62. The Balaban J connectivity index is 1.83. The van der Waals surface area contributed by atoms with Gasteiger partial charge >= 0.3 is 0 Å². The van der Waals surface area contributed by atoms with Gasteiger partial charge in [-0.2, -0.15) is 0 Å². The predicted molar refractivity (Wildman–Crippen MR) is 80.8 cm³/mol. The van der Waals surface area contributed by atoms with Gasteiger partial charge in [-0.05, 0) is 18.3 Å². The smallest absolute Gasteiger partial charge is 0.246 e. The predicted octanol–water partition coefficient (Wildman–Crippen LogP) is 1.71. The van der Waals surface area contributed by atoms with Crippen LogP contribution in [-0.2, 0) is 14.3 Å². The lowest BCUT2D eigenvalue weighted by atomic mass is 9.85. The molecule has 1 saturated heterocycles. The molecule has 0 aromatic rings. The van der Waals surface area contributed by atoms with E-state index in [1.807, 2.05) is 20.8 Å². The Labute approximate surface area is 127 Å². The molecule has 0 spiro atoms. The number of amides is 2. The molecule has 0 bridgehead atoms. The molecule has 2 amide bonds. The average molecular weight is 296 g/mol. The van der Waals surface area contributed by atoms with Gasteiger partial charge in [0.05, 0.1) is 19.3 Å². The van der Waals surface area contributed by atoms with Crippen molar-refractivity contribution in [1.29, 1.82) is 0 Å². The van der Waals surface area contributed by atoms with E-state index in [9.17, 15) is 9.59 Å². The summed E-state index contributed by atoms with van der Waals surface area (Å²) in [5.74, 6) is -0.0680. The summed E-state index contributed by atoms with van der Waals surface area (Å²) in [5, 5.41) is 2.80. The summed E-state index contributed by atoms with van der Waals surface area (Å²) in [6.45, 7) is 7.10. The molecule has 2 aliphatic rings. The molecule has 21 heavy (non-hydrogen) atoms. The summed E-state index contributed by atoms with van der Waals surface area (Å²) >= 11 is 0. The Hall–Kier alpha value is -1.10. The van der Waals surface area contributed by atoms with Crippen molar-refractivity contribution >= 4 is 11.8 Å². The van der Waals surface area contributed by atoms with Gasteiger partial charge in [-0.1, -0.05) is 40.0 Å². The first-order chi connectivity index (χ1) is 9.88. The monoisotopic (exact) mass is 296 g/mol. The first-order valence-electron chi connectivity index (χ1n) is 8.07. The highest BCUT2D eigenvalue weighted by molar-refractivity contribution is 5.95. The summed E-state index contributed by atoms with van der Waals surface area (Å²) < 4.78 is 5.86. The lowest BCUT2D eigenvalue weighted by Gasteiger charge is -2.39. The zero-order valence-corrected chi connectivity index (χ0v) is 13.5. The summed E-state index contributed by atoms with van der Waals surface area (Å²) in [6.07, 6.45) is 6.37. The zero-order valence-electron chi connectivity index (χ0n) is 13.5. The second kappa shape index (κ2) is 6.77. The molecule has 1 atom stereocenters. The molecule has 1 saturated carbocycles. The van der Waals surface area contributed by atoms with Crippen LogP contribution in [0, 0.1) is 5.41 Å². The highest BCUT2D eigenvalue weighted by atomic mass is 16.5. The van der Waals surface area contributed by atoms with Gasteiger partial charge < -0.3 is 15.0 Å². The molecule has 1 aliphatic carbocycles. The summed E-state index contributed by atoms with van der Waals surface area (Å²) in [6, 6.07) is -0.437. The zero-order chi connectivity index (χ0) is 15.5. The van der Waals surface area contributed by atoms with Crippen molar-refractivity contribution in [3.05, 3.63) is 0 Å². The highest BCUT2D eigenvalue weighted by Gasteiger charge is 2.39. The number of piperazine rings is 1. The molecule has 1 heterocycles. The lowest BCUT2D eigenvalue weighted by molar-refractivity contribution is -0.148. The molecule has 1 N–H and O–H groups in total. The minimum absolute atomic E-state index is 0.00865. The SMILES string of the molecule is CC(C)(C)C1NC(=O)CN(CCOC2CCCCC2)C1=O. The standard InChI is InChI=1S/C16H28N2O3/c1-16(2,3)14-15(20)18(11-13(19)17-14)9-10-21-12-7-5-4-6-8-12/h12,14H,4-11H2,1-3H3,(H,17,19). The van der Waals surface area contributed by atoms with Gasteiger partial charge in [-0.15, -0.1) is 0 Å². The summed E-state index contributed by atoms with van der Waals surface area (Å²) in [7, 11) is 0. The second-order valence-corrected chi connectivity index (χ2v) is 7.26. The van der Waals surface area contributed by atoms with Gasteiger partial charge in [0.2, 0.25) is 11.8 Å². The van der Waals surface area contributed by atoms with Crippen molar-refractivity contribution in [3.8, 4) is 0 Å². The molecule has 1 unspecified atom stereocenters. The number of nitrogens with zero attached hydrogens (tertiary/aromatic N) is 1. The Morgan fingerprint density at radius 2 is 1.86 bits per heavy atom. The van der Waals surface area contributed by atoms with E-state index in [0.717, 1.165) is 12.8 Å². The molecule has 5 nitrogen and oxygen atoms in total. The molecular formula is C16H28N2O3. The molecule has 1 aliphatic heterocycles. The van der Waals surface area contributed by atoms with E-state index in [1.165, 1.54) is 19.3 Å². The first kappa shape index (κ1) is 16.3. The number of carbonyl (C=O) groups excluding carboxylic acids is 2. The molecule has 0 aromatic carbocycles. The van der Waals surface area contributed by atoms with Crippen LogP contribution in [0.4, 0.5) is 0 Å². The Bertz CT molecular complexity index is 383. The number of hydrogen-bond donors (Lipinski definition) is 1. The number of nitrogens with one attached hydrogen (secondary N) is 1. The van der Waals surface area contributed by atoms with Crippen LogP contribution in [0.3, 0.4) is 0 Å². The first-order valence-corrected chi connectivity index (χ1v) is 8.07. The molecule has 0 radical (unpaired) electrons. The second-order valence-electron chi connectivity index (χ2n) is 7.26. The molecule has 2 rings (SSSR count). The van der Waals surface area contributed by atoms with E-state index in [0.29, 0.717) is 19.3 Å². The largest absolute Gasteiger partial charge is 0.376 e. The van der Waals surface area contributed by atoms with Crippen LogP contribution < -0.4 is 5.32 Å². The van der Waals surface area contributed by atoms with Gasteiger partial charge in [0, 0.05) is 6.54 Å². The number of rotatable bonds is 4. The molecule has 0 aromatic heterocycles. The quantitative estimate of drug-likeness (QED) is 0.859. The van der Waals surface area contributed by atoms with Crippen LogP contribution in [0.5, 0.6) is 0 Å². The van der Waals surface area contributed by atoms with E-state index in [-0.39, 0.29) is 23.8 Å². The number of carbonyl (C=O) groups is 2. The maximum atomic E-state index is 12.5. The van der Waals surface area contributed by atoms with Crippen LogP contribution >= 0.6 is 0 Å². The fraction of sp³-hybridized carbons (Fsp3) is 0.875. The fourth-order valence-electron chi connectivity index (χ4n) is 3.04. The van der Waals surface area contributed by atoms with Gasteiger partial charge in [-0.25, -0.2) is 0 Å². The molecule has 5 heteroatoms. The third-order valence-electron chi connectivity index (χ3n) is 4.33. The Kier molecular flexibility index (Phi) is 5.25. The summed E-state index contributed by atoms with van der Waals surface area (Å²) in [5.41, 5.74) is -0.268. The topological polar surface area (TPSA) is 58.6 Å². The number of ether oxygens (including phenoxy) is 1. The van der Waals surface area contributed by atoms with E-state index in [4.69, 9.17) is 4.74 Å². The van der Waals surface area contributed by atoms with E-state index >= 15 is 0 Å². The molecule has 120 valence electrons. The minimum atomic E-state index is -0.437. The van der Waals surface area contributed by atoms with Gasteiger partial charge in [0.25, 0.3) is 0 Å². The van der Waals surface area contributed by atoms with E-state index in [2.05, 4.69) is 5.32 Å². The highest BCUT2D eigenvalue weighted by Crippen LogP contribution is 2.23. The maximum Gasteiger partial charge on any atom is 0.246 e. The Morgan fingerprint density at radius 1 is 1.19 bits per heavy atom. The van der Waals surface area contributed by atoms with E-state index in [1.54, 1.807) is 4.90 Å². The van der Waals surface area contributed by atoms with Crippen molar-refractivity contribution in [2.24, 2.45) is 5.41 Å². The third-order valence-corrected chi connectivity index (χ3v) is 4.33. The van der Waals surface area contributed by atoms with E-state index < -0.39 is 6.04 Å². The van der Waals surface area contributed by atoms with Gasteiger partial charge in [-0.3, -0.25) is 9.59 Å². The van der Waals surface area contributed by atoms with Crippen LogP contribution in [0.15, 0.2) is 0 Å². The van der Waals surface area contributed by atoms with Crippen LogP contribution in [0.1, 0.15) is 52.9 Å². The Morgan fingerprint density at radius 3 is 2.48 bits per heavy atom. The maximum absolute atomic E-state index is 12.5. The van der Waals surface area contributed by atoms with Crippen LogP contribution in [0.2, 0.25) is 0 Å². The van der Waals surface area contributed by atoms with Gasteiger partial charge in [0.15, 0.2) is 0 Å². The molecule has 2 fully saturated rings. The number of hydrogen-bond acceptors (Lipinski definition) is 3. The van der Waals surface area contributed by atoms with Crippen molar-refractivity contribution in [2.75, 3.05) is 19.7 Å². The van der Waals surface area contributed by atoms with Crippen LogP contribution in [0.25, 0.3) is 0 Å². The normalized spacial score (nSPS) is 25.1. The summed E-state index contributed by atoms with van der Waals surface area (Å²) in [4.78, 5) is 25.9. The third kappa shape index (κ3) is 4.43. The van der Waals surface area contributed by atoms with Crippen molar-refractivity contribution in [2.45, 2.75) is 65.0 Å². The molecular weight excluding hydrogens is 268 g/mol. The van der Waals surface area contributed by atoms with Gasteiger partial charge in [0.1, 0.15) is 6.04 Å².